The van der Waals surface area contributed by atoms with E-state index < -0.39 is 0 Å². The standard InChI is InChI=1S/C12H26/c1-5-7-8-9-12(4)10-11(3)6-2/h11-12H,5-10H2,1-4H3/t11-,12-/m1/s1. The van der Waals surface area contributed by atoms with Gasteiger partial charge in [0.2, 0.25) is 0 Å². The Hall–Kier alpha value is 0. The molecule has 0 saturated carbocycles. The summed E-state index contributed by atoms with van der Waals surface area (Å²) in [7, 11) is 0. The zero-order valence-electron chi connectivity index (χ0n) is 9.40. The molecule has 2 atom stereocenters. The van der Waals surface area contributed by atoms with Gasteiger partial charge in [0.25, 0.3) is 0 Å². The van der Waals surface area contributed by atoms with Crippen molar-refractivity contribution in [3.05, 3.63) is 0 Å². The predicted octanol–water partition coefficient (Wildman–Crippen LogP) is 4.64. The Morgan fingerprint density at radius 3 is 2.08 bits per heavy atom. The highest BCUT2D eigenvalue weighted by atomic mass is 14.1. The molecule has 0 aromatic carbocycles. The molecule has 0 saturated heterocycles. The zero-order chi connectivity index (χ0) is 9.40. The normalized spacial score (nSPS) is 16.0. The molecule has 12 heavy (non-hydrogen) atoms. The summed E-state index contributed by atoms with van der Waals surface area (Å²) < 4.78 is 0. The van der Waals surface area contributed by atoms with E-state index in [4.69, 9.17) is 0 Å². The van der Waals surface area contributed by atoms with Crippen LogP contribution in [0.25, 0.3) is 0 Å². The smallest absolute Gasteiger partial charge is 0.0440 e. The molecule has 0 aliphatic rings. The molecule has 0 heterocycles. The summed E-state index contributed by atoms with van der Waals surface area (Å²) in [6.45, 7) is 9.35. The number of rotatable bonds is 7. The van der Waals surface area contributed by atoms with Crippen LogP contribution in [0, 0.1) is 11.8 Å². The molecule has 74 valence electrons. The molecule has 0 aromatic heterocycles. The Labute approximate surface area is 78.8 Å². The summed E-state index contributed by atoms with van der Waals surface area (Å²) in [6.07, 6.45) is 8.44. The van der Waals surface area contributed by atoms with Crippen LogP contribution >= 0.6 is 0 Å². The van der Waals surface area contributed by atoms with Crippen LogP contribution in [-0.4, -0.2) is 0 Å². The van der Waals surface area contributed by atoms with E-state index in [9.17, 15) is 0 Å². The molecule has 0 bridgehead atoms. The van der Waals surface area contributed by atoms with Crippen LogP contribution in [0.3, 0.4) is 0 Å². The van der Waals surface area contributed by atoms with Gasteiger partial charge in [0.1, 0.15) is 0 Å². The molecular weight excluding hydrogens is 144 g/mol. The van der Waals surface area contributed by atoms with Gasteiger partial charge in [-0.3, -0.25) is 0 Å². The SMILES string of the molecule is CCCCC[C@@H](C)C[C@H](C)CC. The van der Waals surface area contributed by atoms with Crippen LogP contribution in [0.2, 0.25) is 0 Å². The maximum atomic E-state index is 2.40. The second-order valence-corrected chi connectivity index (χ2v) is 4.35. The van der Waals surface area contributed by atoms with Gasteiger partial charge in [0, 0.05) is 0 Å². The Bertz CT molecular complexity index is 86.0. The average Bonchev–Trinajstić information content (AvgIpc) is 2.05. The summed E-state index contributed by atoms with van der Waals surface area (Å²) in [4.78, 5) is 0. The van der Waals surface area contributed by atoms with Crippen molar-refractivity contribution < 1.29 is 0 Å². The van der Waals surface area contributed by atoms with Gasteiger partial charge in [-0.15, -0.1) is 0 Å². The van der Waals surface area contributed by atoms with Crippen molar-refractivity contribution in [1.82, 2.24) is 0 Å². The second kappa shape index (κ2) is 7.64. The predicted molar refractivity (Wildman–Crippen MR) is 57.4 cm³/mol. The van der Waals surface area contributed by atoms with Gasteiger partial charge in [-0.1, -0.05) is 59.8 Å². The summed E-state index contributed by atoms with van der Waals surface area (Å²) >= 11 is 0. The van der Waals surface area contributed by atoms with Gasteiger partial charge in [-0.25, -0.2) is 0 Å². The Kier molecular flexibility index (Phi) is 7.64. The fourth-order valence-corrected chi connectivity index (χ4v) is 1.71. The molecule has 0 nitrogen and oxygen atoms in total. The highest BCUT2D eigenvalue weighted by Gasteiger charge is 2.06. The number of unbranched alkanes of at least 4 members (excludes halogenated alkanes) is 2. The first kappa shape index (κ1) is 12.0. The fourth-order valence-electron chi connectivity index (χ4n) is 1.71. The topological polar surface area (TPSA) is 0 Å². The van der Waals surface area contributed by atoms with Crippen LogP contribution in [0.1, 0.15) is 66.2 Å². The van der Waals surface area contributed by atoms with Gasteiger partial charge in [-0.2, -0.15) is 0 Å². The monoisotopic (exact) mass is 170 g/mol. The lowest BCUT2D eigenvalue weighted by Gasteiger charge is -2.15. The van der Waals surface area contributed by atoms with Crippen LogP contribution < -0.4 is 0 Å². The first-order chi connectivity index (χ1) is 5.70. The molecule has 0 rings (SSSR count). The van der Waals surface area contributed by atoms with E-state index in [1.807, 2.05) is 0 Å². The summed E-state index contributed by atoms with van der Waals surface area (Å²) in [6, 6.07) is 0. The highest BCUT2D eigenvalue weighted by Crippen LogP contribution is 2.19. The first-order valence-electron chi connectivity index (χ1n) is 5.70. The Balaban J connectivity index is 3.26. The summed E-state index contributed by atoms with van der Waals surface area (Å²) in [5.74, 6) is 1.88. The lowest BCUT2D eigenvalue weighted by atomic mass is 9.91. The van der Waals surface area contributed by atoms with Crippen molar-refractivity contribution in [3.63, 3.8) is 0 Å². The maximum Gasteiger partial charge on any atom is -0.0440 e. The third kappa shape index (κ3) is 6.69. The third-order valence-electron chi connectivity index (χ3n) is 2.80. The Morgan fingerprint density at radius 2 is 1.58 bits per heavy atom. The lowest BCUT2D eigenvalue weighted by molar-refractivity contribution is 0.376. The molecule has 0 amide bonds. The minimum Gasteiger partial charge on any atom is -0.0654 e. The summed E-state index contributed by atoms with van der Waals surface area (Å²) in [5.41, 5.74) is 0. The molecule has 0 heteroatoms. The van der Waals surface area contributed by atoms with Crippen molar-refractivity contribution in [3.8, 4) is 0 Å². The maximum absolute atomic E-state index is 2.40. The molecule has 0 aromatic rings. The van der Waals surface area contributed by atoms with Crippen LogP contribution in [0.4, 0.5) is 0 Å². The summed E-state index contributed by atoms with van der Waals surface area (Å²) in [5, 5.41) is 0. The van der Waals surface area contributed by atoms with E-state index in [-0.39, 0.29) is 0 Å². The molecular formula is C12H26. The van der Waals surface area contributed by atoms with Crippen LogP contribution in [0.15, 0.2) is 0 Å². The minimum absolute atomic E-state index is 0.932. The largest absolute Gasteiger partial charge is 0.0654 e. The van der Waals surface area contributed by atoms with Gasteiger partial charge in [-0.05, 0) is 18.3 Å². The lowest BCUT2D eigenvalue weighted by Crippen LogP contribution is -2.02. The van der Waals surface area contributed by atoms with Gasteiger partial charge in [0.05, 0.1) is 0 Å². The van der Waals surface area contributed by atoms with Crippen molar-refractivity contribution in [2.75, 3.05) is 0 Å². The van der Waals surface area contributed by atoms with Crippen molar-refractivity contribution in [2.45, 2.75) is 66.2 Å². The highest BCUT2D eigenvalue weighted by molar-refractivity contribution is 4.58. The molecule has 0 radical (unpaired) electrons. The van der Waals surface area contributed by atoms with E-state index in [0.29, 0.717) is 0 Å². The number of hydrogen-bond donors (Lipinski definition) is 0. The van der Waals surface area contributed by atoms with E-state index in [1.54, 1.807) is 0 Å². The van der Waals surface area contributed by atoms with E-state index in [1.165, 1.54) is 38.5 Å². The zero-order valence-corrected chi connectivity index (χ0v) is 9.40. The molecule has 0 fully saturated rings. The molecule has 0 N–H and O–H groups in total. The second-order valence-electron chi connectivity index (χ2n) is 4.35. The van der Waals surface area contributed by atoms with Crippen LogP contribution in [0.5, 0.6) is 0 Å². The van der Waals surface area contributed by atoms with Crippen molar-refractivity contribution >= 4 is 0 Å². The Morgan fingerprint density at radius 1 is 0.917 bits per heavy atom. The average molecular weight is 170 g/mol. The van der Waals surface area contributed by atoms with Gasteiger partial charge in [0.15, 0.2) is 0 Å². The van der Waals surface area contributed by atoms with Crippen LogP contribution in [-0.2, 0) is 0 Å². The van der Waals surface area contributed by atoms with Crippen molar-refractivity contribution in [1.29, 1.82) is 0 Å². The fraction of sp³-hybridized carbons (Fsp3) is 1.00. The number of hydrogen-bond acceptors (Lipinski definition) is 0. The molecule has 0 aliphatic heterocycles. The third-order valence-corrected chi connectivity index (χ3v) is 2.80. The van der Waals surface area contributed by atoms with E-state index in [2.05, 4.69) is 27.7 Å². The van der Waals surface area contributed by atoms with Crippen molar-refractivity contribution in [2.24, 2.45) is 11.8 Å². The molecule has 0 spiro atoms. The quantitative estimate of drug-likeness (QED) is 0.488. The van der Waals surface area contributed by atoms with E-state index in [0.717, 1.165) is 11.8 Å². The van der Waals surface area contributed by atoms with Gasteiger partial charge < -0.3 is 0 Å². The van der Waals surface area contributed by atoms with E-state index >= 15 is 0 Å². The first-order valence-corrected chi connectivity index (χ1v) is 5.70. The molecule has 0 unspecified atom stereocenters. The molecule has 0 aliphatic carbocycles. The van der Waals surface area contributed by atoms with Gasteiger partial charge >= 0.3 is 0 Å². The minimum atomic E-state index is 0.932.